The van der Waals surface area contributed by atoms with Crippen LogP contribution in [0.1, 0.15) is 32.3 Å². The second kappa shape index (κ2) is 11.4. The summed E-state index contributed by atoms with van der Waals surface area (Å²) in [6, 6.07) is 22.5. The molecule has 2 N–H and O–H groups in total. The molecule has 5 rings (SSSR count). The normalized spacial score (nSPS) is 17.5. The molecule has 37 heavy (non-hydrogen) atoms. The number of benzene rings is 2. The summed E-state index contributed by atoms with van der Waals surface area (Å²) in [5, 5.41) is 4.53. The monoisotopic (exact) mass is 497 g/mol. The van der Waals surface area contributed by atoms with Crippen molar-refractivity contribution in [3.63, 3.8) is 0 Å². The van der Waals surface area contributed by atoms with Gasteiger partial charge in [0.1, 0.15) is 24.5 Å². The Morgan fingerprint density at radius 3 is 2.78 bits per heavy atom. The Kier molecular flexibility index (Phi) is 7.59. The van der Waals surface area contributed by atoms with Crippen LogP contribution >= 0.6 is 0 Å². The van der Waals surface area contributed by atoms with Crippen molar-refractivity contribution in [3.05, 3.63) is 78.5 Å². The lowest BCUT2D eigenvalue weighted by Gasteiger charge is -2.42. The molecule has 0 amide bonds. The van der Waals surface area contributed by atoms with E-state index in [-0.39, 0.29) is 12.1 Å². The molecule has 7 heteroatoms. The number of nitrogens with one attached hydrogen (secondary N) is 2. The topological polar surface area (TPSA) is 73.5 Å². The lowest BCUT2D eigenvalue weighted by molar-refractivity contribution is -0.109. The third-order valence-electron chi connectivity index (χ3n) is 7.12. The quantitative estimate of drug-likeness (QED) is 0.276. The van der Waals surface area contributed by atoms with Gasteiger partial charge in [-0.1, -0.05) is 30.3 Å². The van der Waals surface area contributed by atoms with E-state index in [9.17, 15) is 4.79 Å². The molecule has 2 unspecified atom stereocenters. The number of carbonyl (C=O) groups is 1. The summed E-state index contributed by atoms with van der Waals surface area (Å²) in [5.74, 6) is 2.75. The summed E-state index contributed by atoms with van der Waals surface area (Å²) in [6.45, 7) is 7.24. The lowest BCUT2D eigenvalue weighted by atomic mass is 9.96. The maximum atomic E-state index is 12.3. The van der Waals surface area contributed by atoms with Gasteiger partial charge in [0, 0.05) is 43.3 Å². The first kappa shape index (κ1) is 24.7. The Labute approximate surface area is 218 Å². The van der Waals surface area contributed by atoms with E-state index in [0.29, 0.717) is 6.61 Å². The Hall–Kier alpha value is -4.00. The first-order valence-electron chi connectivity index (χ1n) is 13.2. The molecular weight excluding hydrogens is 462 g/mol. The Bertz CT molecular complexity index is 1320. The lowest BCUT2D eigenvalue weighted by Crippen LogP contribution is -2.51. The third-order valence-corrected chi connectivity index (χ3v) is 7.12. The van der Waals surface area contributed by atoms with E-state index < -0.39 is 0 Å². The van der Waals surface area contributed by atoms with Gasteiger partial charge in [-0.2, -0.15) is 0 Å². The highest BCUT2D eigenvalue weighted by Gasteiger charge is 2.33. The number of nitrogens with zero attached hydrogens (tertiary/aromatic N) is 3. The highest BCUT2D eigenvalue weighted by atomic mass is 16.5. The van der Waals surface area contributed by atoms with Crippen molar-refractivity contribution in [2.75, 3.05) is 34.8 Å². The van der Waals surface area contributed by atoms with Gasteiger partial charge in [0.05, 0.1) is 17.2 Å². The number of pyridine rings is 1. The number of ether oxygens (including phenoxy) is 1. The van der Waals surface area contributed by atoms with Crippen LogP contribution in [-0.2, 0) is 11.4 Å². The molecule has 3 heterocycles. The summed E-state index contributed by atoms with van der Waals surface area (Å²) in [7, 11) is 0. The zero-order valence-corrected chi connectivity index (χ0v) is 21.6. The molecule has 1 aliphatic rings. The van der Waals surface area contributed by atoms with E-state index >= 15 is 0 Å². The number of aromatic nitrogens is 2. The Morgan fingerprint density at radius 1 is 1.14 bits per heavy atom. The molecule has 2 aromatic carbocycles. The summed E-state index contributed by atoms with van der Waals surface area (Å²) in [6.07, 6.45) is 4.62. The van der Waals surface area contributed by atoms with Gasteiger partial charge in [0.15, 0.2) is 5.82 Å². The molecule has 4 aromatic rings. The molecule has 1 aliphatic heterocycles. The third kappa shape index (κ3) is 5.40. The van der Waals surface area contributed by atoms with Crippen LogP contribution in [0.2, 0.25) is 0 Å². The molecule has 7 nitrogen and oxygen atoms in total. The number of H-pyrrole nitrogens is 1. The van der Waals surface area contributed by atoms with Gasteiger partial charge >= 0.3 is 0 Å². The van der Waals surface area contributed by atoms with Crippen molar-refractivity contribution in [2.45, 2.75) is 45.4 Å². The highest BCUT2D eigenvalue weighted by molar-refractivity contribution is 5.86. The molecule has 0 spiro atoms. The maximum Gasteiger partial charge on any atom is 0.152 e. The molecule has 0 bridgehead atoms. The van der Waals surface area contributed by atoms with Gasteiger partial charge in [0.25, 0.3) is 0 Å². The van der Waals surface area contributed by atoms with Crippen molar-refractivity contribution in [3.8, 4) is 5.75 Å². The SMILES string of the molecule is CCNc1cccnc1N(CC)C1CCN(c2cc3ccc(OCc4ccccc4)cc3[nH]2)C(C=O)C1. The Balaban J connectivity index is 1.31. The van der Waals surface area contributed by atoms with E-state index in [1.165, 1.54) is 0 Å². The van der Waals surface area contributed by atoms with Crippen LogP contribution in [0.4, 0.5) is 17.3 Å². The predicted octanol–water partition coefficient (Wildman–Crippen LogP) is 5.64. The largest absolute Gasteiger partial charge is 0.489 e. The van der Waals surface area contributed by atoms with Gasteiger partial charge < -0.3 is 29.6 Å². The predicted molar refractivity (Wildman–Crippen MR) is 151 cm³/mol. The maximum absolute atomic E-state index is 12.3. The summed E-state index contributed by atoms with van der Waals surface area (Å²) in [4.78, 5) is 25.0. The number of piperidine rings is 1. The number of aromatic amines is 1. The van der Waals surface area contributed by atoms with Crippen LogP contribution in [0.5, 0.6) is 5.75 Å². The fourth-order valence-corrected chi connectivity index (χ4v) is 5.30. The molecule has 0 aliphatic carbocycles. The van der Waals surface area contributed by atoms with E-state index in [1.54, 1.807) is 0 Å². The molecule has 2 atom stereocenters. The number of anilines is 3. The zero-order valence-electron chi connectivity index (χ0n) is 21.6. The van der Waals surface area contributed by atoms with Crippen LogP contribution in [-0.4, -0.2) is 48.0 Å². The van der Waals surface area contributed by atoms with Crippen LogP contribution in [0.25, 0.3) is 10.9 Å². The van der Waals surface area contributed by atoms with Crippen molar-refractivity contribution < 1.29 is 9.53 Å². The molecule has 1 saturated heterocycles. The van der Waals surface area contributed by atoms with Crippen molar-refractivity contribution in [1.29, 1.82) is 0 Å². The highest BCUT2D eigenvalue weighted by Crippen LogP contribution is 2.33. The molecule has 1 fully saturated rings. The number of fused-ring (bicyclic) bond motifs is 1. The second-order valence-electron chi connectivity index (χ2n) is 9.44. The molecule has 2 aromatic heterocycles. The number of aldehydes is 1. The number of rotatable bonds is 10. The molecular formula is C30H35N5O2. The van der Waals surface area contributed by atoms with Gasteiger partial charge in [-0.15, -0.1) is 0 Å². The fourth-order valence-electron chi connectivity index (χ4n) is 5.30. The first-order valence-corrected chi connectivity index (χ1v) is 13.2. The molecule has 192 valence electrons. The minimum Gasteiger partial charge on any atom is -0.489 e. The van der Waals surface area contributed by atoms with Gasteiger partial charge in [-0.05, 0) is 62.6 Å². The standard InChI is InChI=1S/C30H35N5O2/c1-3-31-27-11-8-15-32-30(27)34(4-2)24-14-16-35(25(18-24)20-36)29-17-23-12-13-26(19-28(23)33-29)37-21-22-9-6-5-7-10-22/h5-13,15,17,19-20,24-25,31,33H,3-4,14,16,18,21H2,1-2H3. The van der Waals surface area contributed by atoms with Crippen LogP contribution in [0.15, 0.2) is 72.9 Å². The minimum atomic E-state index is -0.207. The summed E-state index contributed by atoms with van der Waals surface area (Å²) < 4.78 is 6.01. The van der Waals surface area contributed by atoms with E-state index in [1.807, 2.05) is 42.6 Å². The van der Waals surface area contributed by atoms with E-state index in [2.05, 4.69) is 69.3 Å². The second-order valence-corrected chi connectivity index (χ2v) is 9.44. The summed E-state index contributed by atoms with van der Waals surface area (Å²) in [5.41, 5.74) is 3.18. The molecule has 0 radical (unpaired) electrons. The molecule has 0 saturated carbocycles. The summed E-state index contributed by atoms with van der Waals surface area (Å²) >= 11 is 0. The average Bonchev–Trinajstić information content (AvgIpc) is 3.37. The number of carbonyl (C=O) groups excluding carboxylic acids is 1. The van der Waals surface area contributed by atoms with Crippen LogP contribution in [0.3, 0.4) is 0 Å². The zero-order chi connectivity index (χ0) is 25.6. The number of hydrogen-bond acceptors (Lipinski definition) is 6. The minimum absolute atomic E-state index is 0.207. The van der Waals surface area contributed by atoms with E-state index in [4.69, 9.17) is 4.74 Å². The van der Waals surface area contributed by atoms with E-state index in [0.717, 1.165) is 78.3 Å². The van der Waals surface area contributed by atoms with Gasteiger partial charge in [-0.3, -0.25) is 0 Å². The average molecular weight is 498 g/mol. The smallest absolute Gasteiger partial charge is 0.152 e. The number of hydrogen-bond donors (Lipinski definition) is 2. The van der Waals surface area contributed by atoms with Crippen molar-refractivity contribution >= 4 is 34.5 Å². The first-order chi connectivity index (χ1) is 18.2. The fraction of sp³-hybridized carbons (Fsp3) is 0.333. The van der Waals surface area contributed by atoms with Gasteiger partial charge in [0.2, 0.25) is 0 Å². The Morgan fingerprint density at radius 2 is 2.00 bits per heavy atom. The van der Waals surface area contributed by atoms with Crippen molar-refractivity contribution in [1.82, 2.24) is 9.97 Å². The van der Waals surface area contributed by atoms with Crippen molar-refractivity contribution in [2.24, 2.45) is 0 Å². The van der Waals surface area contributed by atoms with Crippen LogP contribution in [0, 0.1) is 0 Å². The van der Waals surface area contributed by atoms with Gasteiger partial charge in [-0.25, -0.2) is 4.98 Å². The van der Waals surface area contributed by atoms with Crippen LogP contribution < -0.4 is 19.9 Å².